The van der Waals surface area contributed by atoms with Gasteiger partial charge in [0.05, 0.1) is 0 Å². The highest BCUT2D eigenvalue weighted by molar-refractivity contribution is 6.07. The minimum absolute atomic E-state index is 0.0928. The summed E-state index contributed by atoms with van der Waals surface area (Å²) in [6.45, 7) is 0. The van der Waals surface area contributed by atoms with Crippen LogP contribution >= 0.6 is 0 Å². The summed E-state index contributed by atoms with van der Waals surface area (Å²) in [7, 11) is 0. The van der Waals surface area contributed by atoms with Gasteiger partial charge in [-0.2, -0.15) is 0 Å². The molecule has 0 aliphatic carbocycles. The fourth-order valence-corrected chi connectivity index (χ4v) is 1.69. The Balaban J connectivity index is 2.32. The van der Waals surface area contributed by atoms with E-state index >= 15 is 0 Å². The SMILES string of the molecule is O=C(O)/C=C\C(=O)Nc1cccc2ccc(O)cc12. The van der Waals surface area contributed by atoms with Gasteiger partial charge in [-0.05, 0) is 23.6 Å². The molecule has 0 aromatic heterocycles. The third kappa shape index (κ3) is 3.10. The zero-order valence-electron chi connectivity index (χ0n) is 9.83. The van der Waals surface area contributed by atoms with E-state index in [2.05, 4.69) is 5.32 Å². The number of carbonyl (C=O) groups excluding carboxylic acids is 1. The zero-order valence-corrected chi connectivity index (χ0v) is 9.83. The molecule has 3 N–H and O–H groups in total. The maximum absolute atomic E-state index is 11.5. The first-order chi connectivity index (χ1) is 9.06. The topological polar surface area (TPSA) is 86.6 Å². The Labute approximate surface area is 108 Å². The number of carboxylic acids is 1. The average Bonchev–Trinajstić information content (AvgIpc) is 2.37. The van der Waals surface area contributed by atoms with Gasteiger partial charge in [0.25, 0.3) is 0 Å². The van der Waals surface area contributed by atoms with Gasteiger partial charge in [0, 0.05) is 23.2 Å². The Kier molecular flexibility index (Phi) is 3.47. The molecule has 0 saturated carbocycles. The van der Waals surface area contributed by atoms with Gasteiger partial charge in [0.1, 0.15) is 5.75 Å². The van der Waals surface area contributed by atoms with Crippen LogP contribution in [0.3, 0.4) is 0 Å². The van der Waals surface area contributed by atoms with E-state index < -0.39 is 11.9 Å². The van der Waals surface area contributed by atoms with Crippen molar-refractivity contribution in [1.82, 2.24) is 0 Å². The second-order valence-corrected chi connectivity index (χ2v) is 3.87. The lowest BCUT2D eigenvalue weighted by molar-refractivity contribution is -0.131. The number of hydrogen-bond donors (Lipinski definition) is 3. The Hall–Kier alpha value is -2.82. The summed E-state index contributed by atoms with van der Waals surface area (Å²) in [6.07, 6.45) is 1.70. The number of benzene rings is 2. The molecule has 0 saturated heterocycles. The zero-order chi connectivity index (χ0) is 13.8. The highest BCUT2D eigenvalue weighted by Crippen LogP contribution is 2.26. The number of anilines is 1. The van der Waals surface area contributed by atoms with Gasteiger partial charge in [0.15, 0.2) is 0 Å². The number of phenols is 1. The monoisotopic (exact) mass is 257 g/mol. The Bertz CT molecular complexity index is 676. The molecule has 0 radical (unpaired) electrons. The number of hydrogen-bond acceptors (Lipinski definition) is 3. The molecule has 5 heteroatoms. The Morgan fingerprint density at radius 1 is 1.11 bits per heavy atom. The molecule has 0 unspecified atom stereocenters. The first-order valence-electron chi connectivity index (χ1n) is 5.50. The summed E-state index contributed by atoms with van der Waals surface area (Å²) in [5.74, 6) is -1.64. The normalized spacial score (nSPS) is 10.7. The summed E-state index contributed by atoms with van der Waals surface area (Å²) in [6, 6.07) is 10.1. The quantitative estimate of drug-likeness (QED) is 0.735. The molecule has 0 spiro atoms. The molecular formula is C14H11NO4. The van der Waals surface area contributed by atoms with E-state index in [9.17, 15) is 14.7 Å². The van der Waals surface area contributed by atoms with Crippen molar-refractivity contribution < 1.29 is 19.8 Å². The van der Waals surface area contributed by atoms with E-state index in [0.29, 0.717) is 11.1 Å². The lowest BCUT2D eigenvalue weighted by Gasteiger charge is -2.07. The Morgan fingerprint density at radius 2 is 1.89 bits per heavy atom. The van der Waals surface area contributed by atoms with Crippen molar-refractivity contribution >= 4 is 28.3 Å². The minimum Gasteiger partial charge on any atom is -0.508 e. The molecule has 0 fully saturated rings. The number of fused-ring (bicyclic) bond motifs is 1. The summed E-state index contributed by atoms with van der Waals surface area (Å²) < 4.78 is 0. The van der Waals surface area contributed by atoms with Crippen molar-refractivity contribution in [3.63, 3.8) is 0 Å². The van der Waals surface area contributed by atoms with Crippen LogP contribution < -0.4 is 5.32 Å². The van der Waals surface area contributed by atoms with Gasteiger partial charge < -0.3 is 15.5 Å². The molecule has 0 aliphatic heterocycles. The van der Waals surface area contributed by atoms with E-state index in [1.54, 1.807) is 24.3 Å². The molecule has 0 bridgehead atoms. The molecule has 1 amide bonds. The summed E-state index contributed by atoms with van der Waals surface area (Å²) >= 11 is 0. The van der Waals surface area contributed by atoms with Crippen LogP contribution in [-0.2, 0) is 9.59 Å². The largest absolute Gasteiger partial charge is 0.508 e. The predicted molar refractivity (Wildman–Crippen MR) is 71.0 cm³/mol. The van der Waals surface area contributed by atoms with Crippen molar-refractivity contribution in [2.45, 2.75) is 0 Å². The summed E-state index contributed by atoms with van der Waals surface area (Å²) in [5.41, 5.74) is 0.508. The molecule has 0 heterocycles. The third-order valence-corrected chi connectivity index (χ3v) is 2.50. The number of phenolic OH excluding ortho intramolecular Hbond substituents is 1. The molecule has 2 rings (SSSR count). The van der Waals surface area contributed by atoms with Crippen molar-refractivity contribution in [2.75, 3.05) is 5.32 Å². The second-order valence-electron chi connectivity index (χ2n) is 3.87. The first kappa shape index (κ1) is 12.6. The van der Waals surface area contributed by atoms with E-state index in [0.717, 1.165) is 17.5 Å². The molecule has 19 heavy (non-hydrogen) atoms. The molecule has 2 aromatic rings. The number of aromatic hydroxyl groups is 1. The average molecular weight is 257 g/mol. The third-order valence-electron chi connectivity index (χ3n) is 2.50. The van der Waals surface area contributed by atoms with Crippen LogP contribution in [0.4, 0.5) is 5.69 Å². The maximum Gasteiger partial charge on any atom is 0.328 e. The van der Waals surface area contributed by atoms with Crippen LogP contribution in [0, 0.1) is 0 Å². The molecule has 2 aromatic carbocycles. The minimum atomic E-state index is -1.19. The summed E-state index contributed by atoms with van der Waals surface area (Å²) in [5, 5.41) is 22.0. The van der Waals surface area contributed by atoms with E-state index in [1.807, 2.05) is 6.07 Å². The van der Waals surface area contributed by atoms with Crippen LogP contribution in [-0.4, -0.2) is 22.1 Å². The highest BCUT2D eigenvalue weighted by atomic mass is 16.4. The number of aliphatic carboxylic acids is 1. The first-order valence-corrected chi connectivity index (χ1v) is 5.50. The fraction of sp³-hybridized carbons (Fsp3) is 0. The number of carbonyl (C=O) groups is 2. The number of nitrogens with one attached hydrogen (secondary N) is 1. The van der Waals surface area contributed by atoms with Crippen LogP contribution in [0.25, 0.3) is 10.8 Å². The van der Waals surface area contributed by atoms with E-state index in [-0.39, 0.29) is 5.75 Å². The standard InChI is InChI=1S/C14H11NO4/c16-10-5-4-9-2-1-3-12(11(9)8-10)15-13(17)6-7-14(18)19/h1-8,16H,(H,15,17)(H,18,19)/b7-6-. The smallest absolute Gasteiger partial charge is 0.328 e. The summed E-state index contributed by atoms with van der Waals surface area (Å²) in [4.78, 5) is 21.8. The molecule has 0 aliphatic rings. The van der Waals surface area contributed by atoms with Crippen molar-refractivity contribution in [2.24, 2.45) is 0 Å². The molecule has 96 valence electrons. The van der Waals surface area contributed by atoms with Crippen molar-refractivity contribution in [3.8, 4) is 5.75 Å². The van der Waals surface area contributed by atoms with Crippen molar-refractivity contribution in [1.29, 1.82) is 0 Å². The molecular weight excluding hydrogens is 246 g/mol. The lowest BCUT2D eigenvalue weighted by Crippen LogP contribution is -2.08. The van der Waals surface area contributed by atoms with Gasteiger partial charge in [-0.25, -0.2) is 4.79 Å². The van der Waals surface area contributed by atoms with E-state index in [4.69, 9.17) is 5.11 Å². The number of rotatable bonds is 3. The van der Waals surface area contributed by atoms with Crippen LogP contribution in [0.1, 0.15) is 0 Å². The maximum atomic E-state index is 11.5. The van der Waals surface area contributed by atoms with Gasteiger partial charge in [0.2, 0.25) is 5.91 Å². The van der Waals surface area contributed by atoms with Crippen LogP contribution in [0.2, 0.25) is 0 Å². The van der Waals surface area contributed by atoms with Crippen LogP contribution in [0.5, 0.6) is 5.75 Å². The van der Waals surface area contributed by atoms with Gasteiger partial charge in [-0.1, -0.05) is 18.2 Å². The number of amides is 1. The number of carboxylic acid groups (broad SMARTS) is 1. The lowest BCUT2D eigenvalue weighted by atomic mass is 10.1. The van der Waals surface area contributed by atoms with Crippen molar-refractivity contribution in [3.05, 3.63) is 48.6 Å². The van der Waals surface area contributed by atoms with Gasteiger partial charge >= 0.3 is 5.97 Å². The predicted octanol–water partition coefficient (Wildman–Crippen LogP) is 2.12. The highest BCUT2D eigenvalue weighted by Gasteiger charge is 2.04. The van der Waals surface area contributed by atoms with Gasteiger partial charge in [-0.15, -0.1) is 0 Å². The fourth-order valence-electron chi connectivity index (χ4n) is 1.69. The van der Waals surface area contributed by atoms with Crippen LogP contribution in [0.15, 0.2) is 48.6 Å². The van der Waals surface area contributed by atoms with Gasteiger partial charge in [-0.3, -0.25) is 4.79 Å². The molecule has 0 atom stereocenters. The Morgan fingerprint density at radius 3 is 2.63 bits per heavy atom. The second kappa shape index (κ2) is 5.22. The van der Waals surface area contributed by atoms with E-state index in [1.165, 1.54) is 6.07 Å². The molecule has 5 nitrogen and oxygen atoms in total.